The largest absolute Gasteiger partial charge is 0.481 e. The van der Waals surface area contributed by atoms with Gasteiger partial charge in [0.25, 0.3) is 0 Å². The minimum atomic E-state index is -0.800. The van der Waals surface area contributed by atoms with Gasteiger partial charge in [0.15, 0.2) is 0 Å². The van der Waals surface area contributed by atoms with Crippen LogP contribution in [-0.4, -0.2) is 22.5 Å². The maximum atomic E-state index is 13.4. The molecule has 0 radical (unpaired) electrons. The number of amides is 1. The Morgan fingerprint density at radius 3 is 2.58 bits per heavy atom. The number of aliphatic carboxylic acids is 1. The van der Waals surface area contributed by atoms with Gasteiger partial charge in [-0.1, -0.05) is 18.6 Å². The number of carbonyl (C=O) groups is 2. The molecule has 1 aromatic carbocycles. The molecule has 130 valence electrons. The first kappa shape index (κ1) is 16.9. The van der Waals surface area contributed by atoms with Gasteiger partial charge in [-0.2, -0.15) is 0 Å². The first-order valence-electron chi connectivity index (χ1n) is 8.77. The molecule has 0 aliphatic heterocycles. The molecule has 2 fully saturated rings. The average Bonchev–Trinajstić information content (AvgIpc) is 2.53. The van der Waals surface area contributed by atoms with E-state index in [2.05, 4.69) is 5.32 Å². The summed E-state index contributed by atoms with van der Waals surface area (Å²) in [5.41, 5.74) is 0.600. The lowest BCUT2D eigenvalue weighted by molar-refractivity contribution is -0.144. The van der Waals surface area contributed by atoms with Gasteiger partial charge in [-0.05, 0) is 62.6 Å². The van der Waals surface area contributed by atoms with Crippen LogP contribution in [0.2, 0.25) is 0 Å². The third-order valence-corrected chi connectivity index (χ3v) is 5.52. The molecule has 24 heavy (non-hydrogen) atoms. The van der Waals surface area contributed by atoms with Crippen LogP contribution in [0.5, 0.6) is 0 Å². The summed E-state index contributed by atoms with van der Waals surface area (Å²) < 4.78 is 13.4. The fraction of sp³-hybridized carbons (Fsp3) is 0.579. The molecule has 2 N–H and O–H groups in total. The molecule has 0 saturated heterocycles. The van der Waals surface area contributed by atoms with Gasteiger partial charge in [-0.3, -0.25) is 9.59 Å². The third kappa shape index (κ3) is 3.77. The summed E-state index contributed by atoms with van der Waals surface area (Å²) in [5, 5.41) is 12.4. The second-order valence-electron chi connectivity index (χ2n) is 7.33. The molecule has 2 atom stereocenters. The van der Waals surface area contributed by atoms with E-state index in [1.54, 1.807) is 6.07 Å². The summed E-state index contributed by atoms with van der Waals surface area (Å²) in [5.74, 6) is -1.72. The van der Waals surface area contributed by atoms with Crippen molar-refractivity contribution in [2.75, 3.05) is 0 Å². The molecule has 0 spiro atoms. The van der Waals surface area contributed by atoms with Gasteiger partial charge in [-0.15, -0.1) is 0 Å². The Morgan fingerprint density at radius 2 is 1.96 bits per heavy atom. The van der Waals surface area contributed by atoms with Crippen molar-refractivity contribution < 1.29 is 19.1 Å². The van der Waals surface area contributed by atoms with E-state index in [0.29, 0.717) is 19.3 Å². The molecule has 3 rings (SSSR count). The Labute approximate surface area is 141 Å². The predicted octanol–water partition coefficient (Wildman–Crippen LogP) is 3.30. The SMILES string of the molecule is O=C(O)C1CCCC(C(=O)NC2(Cc3cccc(F)c3)CCC2)C1. The van der Waals surface area contributed by atoms with E-state index in [1.807, 2.05) is 6.07 Å². The molecule has 1 aromatic rings. The second-order valence-corrected chi connectivity index (χ2v) is 7.33. The minimum absolute atomic E-state index is 0.0305. The smallest absolute Gasteiger partial charge is 0.306 e. The van der Waals surface area contributed by atoms with E-state index < -0.39 is 11.9 Å². The molecular formula is C19H24FNO3. The summed E-state index contributed by atoms with van der Waals surface area (Å²) >= 11 is 0. The summed E-state index contributed by atoms with van der Waals surface area (Å²) in [6, 6.07) is 6.52. The zero-order valence-corrected chi connectivity index (χ0v) is 13.8. The van der Waals surface area contributed by atoms with Gasteiger partial charge >= 0.3 is 5.97 Å². The van der Waals surface area contributed by atoms with Crippen molar-refractivity contribution in [2.24, 2.45) is 11.8 Å². The molecule has 0 heterocycles. The summed E-state index contributed by atoms with van der Waals surface area (Å²) in [6.45, 7) is 0. The highest BCUT2D eigenvalue weighted by Gasteiger charge is 2.41. The van der Waals surface area contributed by atoms with Crippen LogP contribution in [-0.2, 0) is 16.0 Å². The van der Waals surface area contributed by atoms with Gasteiger partial charge in [0.1, 0.15) is 5.82 Å². The number of carbonyl (C=O) groups excluding carboxylic acids is 1. The Kier molecular flexibility index (Phi) is 4.88. The summed E-state index contributed by atoms with van der Waals surface area (Å²) in [4.78, 5) is 23.8. The Hall–Kier alpha value is -1.91. The Morgan fingerprint density at radius 1 is 1.21 bits per heavy atom. The molecule has 1 amide bonds. The maximum Gasteiger partial charge on any atom is 0.306 e. The van der Waals surface area contributed by atoms with Crippen molar-refractivity contribution in [1.82, 2.24) is 5.32 Å². The van der Waals surface area contributed by atoms with Crippen LogP contribution in [0.3, 0.4) is 0 Å². The molecular weight excluding hydrogens is 309 g/mol. The lowest BCUT2D eigenvalue weighted by Crippen LogP contribution is -2.56. The highest BCUT2D eigenvalue weighted by Crippen LogP contribution is 2.37. The molecule has 2 unspecified atom stereocenters. The quantitative estimate of drug-likeness (QED) is 0.869. The number of hydrogen-bond acceptors (Lipinski definition) is 2. The highest BCUT2D eigenvalue weighted by atomic mass is 19.1. The van der Waals surface area contributed by atoms with Crippen LogP contribution in [0.4, 0.5) is 4.39 Å². The average molecular weight is 333 g/mol. The molecule has 0 bridgehead atoms. The summed E-state index contributed by atoms with van der Waals surface area (Å²) in [7, 11) is 0. The van der Waals surface area contributed by atoms with Gasteiger partial charge in [-0.25, -0.2) is 4.39 Å². The monoisotopic (exact) mass is 333 g/mol. The number of benzene rings is 1. The topological polar surface area (TPSA) is 66.4 Å². The van der Waals surface area contributed by atoms with E-state index in [0.717, 1.165) is 37.7 Å². The zero-order chi connectivity index (χ0) is 17.2. The highest BCUT2D eigenvalue weighted by molar-refractivity contribution is 5.81. The van der Waals surface area contributed by atoms with Crippen molar-refractivity contribution in [3.05, 3.63) is 35.6 Å². The van der Waals surface area contributed by atoms with Gasteiger partial charge in [0.2, 0.25) is 5.91 Å². The first-order chi connectivity index (χ1) is 11.5. The van der Waals surface area contributed by atoms with Crippen molar-refractivity contribution >= 4 is 11.9 Å². The predicted molar refractivity (Wildman–Crippen MR) is 87.9 cm³/mol. The molecule has 5 heteroatoms. The van der Waals surface area contributed by atoms with Crippen LogP contribution in [0.25, 0.3) is 0 Å². The first-order valence-corrected chi connectivity index (χ1v) is 8.77. The molecule has 4 nitrogen and oxygen atoms in total. The fourth-order valence-electron chi connectivity index (χ4n) is 4.00. The van der Waals surface area contributed by atoms with Crippen molar-refractivity contribution in [2.45, 2.75) is 56.9 Å². The van der Waals surface area contributed by atoms with Crippen molar-refractivity contribution in [1.29, 1.82) is 0 Å². The van der Waals surface area contributed by atoms with Crippen LogP contribution in [0.15, 0.2) is 24.3 Å². The molecule has 2 aliphatic carbocycles. The lowest BCUT2D eigenvalue weighted by Gasteiger charge is -2.44. The minimum Gasteiger partial charge on any atom is -0.481 e. The summed E-state index contributed by atoms with van der Waals surface area (Å²) in [6.07, 6.45) is 6.10. The Bertz CT molecular complexity index is 627. The number of carboxylic acid groups (broad SMARTS) is 1. The Balaban J connectivity index is 1.64. The van der Waals surface area contributed by atoms with E-state index in [1.165, 1.54) is 12.1 Å². The maximum absolute atomic E-state index is 13.4. The fourth-order valence-corrected chi connectivity index (χ4v) is 4.00. The van der Waals surface area contributed by atoms with Crippen LogP contribution in [0.1, 0.15) is 50.5 Å². The van der Waals surface area contributed by atoms with Crippen LogP contribution in [0, 0.1) is 17.7 Å². The van der Waals surface area contributed by atoms with E-state index in [-0.39, 0.29) is 23.2 Å². The number of rotatable bonds is 5. The van der Waals surface area contributed by atoms with E-state index >= 15 is 0 Å². The van der Waals surface area contributed by atoms with E-state index in [9.17, 15) is 19.1 Å². The molecule has 0 aromatic heterocycles. The number of carboxylic acids is 1. The second kappa shape index (κ2) is 6.91. The third-order valence-electron chi connectivity index (χ3n) is 5.52. The van der Waals surface area contributed by atoms with Crippen molar-refractivity contribution in [3.8, 4) is 0 Å². The zero-order valence-electron chi connectivity index (χ0n) is 13.8. The van der Waals surface area contributed by atoms with E-state index in [4.69, 9.17) is 0 Å². The van der Waals surface area contributed by atoms with Gasteiger partial charge in [0, 0.05) is 11.5 Å². The number of halogens is 1. The standard InChI is InChI=1S/C19H24FNO3/c20-16-7-1-4-13(10-16)12-19(8-3-9-19)21-17(22)14-5-2-6-15(11-14)18(23)24/h1,4,7,10,14-15H,2-3,5-6,8-9,11-12H2,(H,21,22)(H,23,24). The normalized spacial score (nSPS) is 25.5. The molecule has 2 saturated carbocycles. The van der Waals surface area contributed by atoms with Gasteiger partial charge in [0.05, 0.1) is 5.92 Å². The van der Waals surface area contributed by atoms with Crippen LogP contribution < -0.4 is 5.32 Å². The molecule has 2 aliphatic rings. The number of nitrogens with one attached hydrogen (secondary N) is 1. The van der Waals surface area contributed by atoms with Crippen molar-refractivity contribution in [3.63, 3.8) is 0 Å². The lowest BCUT2D eigenvalue weighted by atomic mass is 9.72. The number of hydrogen-bond donors (Lipinski definition) is 2. The van der Waals surface area contributed by atoms with Gasteiger partial charge < -0.3 is 10.4 Å². The van der Waals surface area contributed by atoms with Crippen LogP contribution >= 0.6 is 0 Å².